The summed E-state index contributed by atoms with van der Waals surface area (Å²) in [6, 6.07) is 5.49. The Bertz CT molecular complexity index is 770. The van der Waals surface area contributed by atoms with E-state index < -0.39 is 29.8 Å². The van der Waals surface area contributed by atoms with Gasteiger partial charge in [-0.05, 0) is 40.2 Å². The maximum Gasteiger partial charge on any atom is 0.421 e. The largest absolute Gasteiger partial charge is 0.421 e. The van der Waals surface area contributed by atoms with E-state index in [1.807, 2.05) is 12.1 Å². The second-order valence-corrected chi connectivity index (χ2v) is 7.36. The predicted molar refractivity (Wildman–Crippen MR) is 84.2 cm³/mol. The van der Waals surface area contributed by atoms with Crippen molar-refractivity contribution in [1.82, 2.24) is 9.47 Å². The number of thiophene rings is 1. The van der Waals surface area contributed by atoms with Gasteiger partial charge in [0.1, 0.15) is 12.1 Å². The smallest absolute Gasteiger partial charge is 0.339 e. The molecule has 0 fully saturated rings. The van der Waals surface area contributed by atoms with E-state index >= 15 is 0 Å². The number of aromatic nitrogens is 1. The van der Waals surface area contributed by atoms with Crippen LogP contribution in [-0.2, 0) is 24.1 Å². The van der Waals surface area contributed by atoms with Crippen LogP contribution in [0.25, 0.3) is 0 Å². The van der Waals surface area contributed by atoms with Gasteiger partial charge in [0.2, 0.25) is 5.91 Å². The molecule has 0 radical (unpaired) electrons. The van der Waals surface area contributed by atoms with Gasteiger partial charge in [-0.15, -0.1) is 11.3 Å². The lowest BCUT2D eigenvalue weighted by Crippen LogP contribution is -2.35. The van der Waals surface area contributed by atoms with Crippen molar-refractivity contribution in [3.05, 3.63) is 55.0 Å². The normalized spacial score (nSPS) is 11.5. The van der Waals surface area contributed by atoms with E-state index in [2.05, 4.69) is 15.9 Å². The van der Waals surface area contributed by atoms with Crippen molar-refractivity contribution in [2.75, 3.05) is 7.05 Å². The first kappa shape index (κ1) is 17.7. The average molecular weight is 409 g/mol. The molecule has 124 valence electrons. The topological polar surface area (TPSA) is 42.3 Å². The van der Waals surface area contributed by atoms with Gasteiger partial charge >= 0.3 is 6.18 Å². The number of alkyl halides is 3. The molecule has 0 aliphatic heterocycles. The lowest BCUT2D eigenvalue weighted by Gasteiger charge is -2.17. The van der Waals surface area contributed by atoms with Gasteiger partial charge in [-0.1, -0.05) is 0 Å². The molecule has 0 bridgehead atoms. The summed E-state index contributed by atoms with van der Waals surface area (Å²) >= 11 is 4.77. The fourth-order valence-electron chi connectivity index (χ4n) is 1.90. The Morgan fingerprint density at radius 2 is 2.04 bits per heavy atom. The van der Waals surface area contributed by atoms with E-state index in [0.717, 1.165) is 19.3 Å². The zero-order chi connectivity index (χ0) is 17.2. The van der Waals surface area contributed by atoms with Gasteiger partial charge in [-0.2, -0.15) is 13.2 Å². The number of amides is 1. The fraction of sp³-hybridized carbons (Fsp3) is 0.286. The molecule has 4 nitrogen and oxygen atoms in total. The first-order valence-electron chi connectivity index (χ1n) is 6.43. The molecule has 2 rings (SSSR count). The molecular formula is C14H12BrF3N2O2S. The molecular weight excluding hydrogens is 397 g/mol. The van der Waals surface area contributed by atoms with E-state index in [0.29, 0.717) is 12.6 Å². The van der Waals surface area contributed by atoms with Crippen LogP contribution in [0.4, 0.5) is 13.2 Å². The van der Waals surface area contributed by atoms with E-state index in [1.165, 1.54) is 29.5 Å². The first-order chi connectivity index (χ1) is 10.7. The highest BCUT2D eigenvalue weighted by molar-refractivity contribution is 9.11. The molecule has 0 aliphatic carbocycles. The van der Waals surface area contributed by atoms with Crippen LogP contribution in [-0.4, -0.2) is 22.4 Å². The van der Waals surface area contributed by atoms with Crippen LogP contribution >= 0.6 is 27.3 Å². The highest BCUT2D eigenvalue weighted by atomic mass is 79.9. The molecule has 0 spiro atoms. The van der Waals surface area contributed by atoms with Gasteiger partial charge in [0.05, 0.1) is 10.3 Å². The van der Waals surface area contributed by atoms with Crippen molar-refractivity contribution in [2.24, 2.45) is 0 Å². The molecule has 0 aromatic carbocycles. The minimum Gasteiger partial charge on any atom is -0.339 e. The SMILES string of the molecule is CN(Cc1ccc(Br)s1)C(=O)Cn1cccc(C(F)(F)F)c1=O. The number of rotatable bonds is 4. The summed E-state index contributed by atoms with van der Waals surface area (Å²) in [5.41, 5.74) is -2.50. The molecule has 0 aliphatic rings. The minimum absolute atomic E-state index is 0.322. The standard InChI is InChI=1S/C14H12BrF3N2O2S/c1-19(7-9-4-5-11(15)23-9)12(21)8-20-6-2-3-10(13(20)22)14(16,17)18/h2-6H,7-8H2,1H3. The summed E-state index contributed by atoms with van der Waals surface area (Å²) in [7, 11) is 1.54. The molecule has 2 aromatic heterocycles. The lowest BCUT2D eigenvalue weighted by molar-refractivity contribution is -0.139. The van der Waals surface area contributed by atoms with E-state index in [1.54, 1.807) is 0 Å². The van der Waals surface area contributed by atoms with Crippen molar-refractivity contribution in [1.29, 1.82) is 0 Å². The molecule has 1 amide bonds. The van der Waals surface area contributed by atoms with E-state index in [4.69, 9.17) is 0 Å². The van der Waals surface area contributed by atoms with Crippen LogP contribution in [0.5, 0.6) is 0 Å². The van der Waals surface area contributed by atoms with Crippen molar-refractivity contribution in [3.63, 3.8) is 0 Å². The summed E-state index contributed by atoms with van der Waals surface area (Å²) in [4.78, 5) is 26.2. The Labute approximate surface area is 142 Å². The highest BCUT2D eigenvalue weighted by Crippen LogP contribution is 2.26. The number of carbonyl (C=O) groups excluding carboxylic acids is 1. The number of carbonyl (C=O) groups is 1. The van der Waals surface area contributed by atoms with Crippen LogP contribution in [0.2, 0.25) is 0 Å². The molecule has 2 aromatic rings. The predicted octanol–water partition coefficient (Wildman–Crippen LogP) is 3.35. The van der Waals surface area contributed by atoms with Crippen LogP contribution < -0.4 is 5.56 Å². The second kappa shape index (κ2) is 6.88. The van der Waals surface area contributed by atoms with E-state index in [-0.39, 0.29) is 0 Å². The number of hydrogen-bond acceptors (Lipinski definition) is 3. The minimum atomic E-state index is -4.74. The maximum absolute atomic E-state index is 12.7. The van der Waals surface area contributed by atoms with Gasteiger partial charge in [0.15, 0.2) is 0 Å². The molecule has 23 heavy (non-hydrogen) atoms. The third-order valence-corrected chi connectivity index (χ3v) is 4.69. The Morgan fingerprint density at radius 3 is 2.61 bits per heavy atom. The van der Waals surface area contributed by atoms with Crippen molar-refractivity contribution in [2.45, 2.75) is 19.3 Å². The number of likely N-dealkylation sites (N-methyl/N-ethyl adjacent to an activating group) is 1. The van der Waals surface area contributed by atoms with Crippen LogP contribution in [0.1, 0.15) is 10.4 Å². The summed E-state index contributed by atoms with van der Waals surface area (Å²) < 4.78 is 39.8. The Hall–Kier alpha value is -1.61. The Balaban J connectivity index is 2.12. The summed E-state index contributed by atoms with van der Waals surface area (Å²) in [6.07, 6.45) is -3.57. The third kappa shape index (κ3) is 4.44. The Morgan fingerprint density at radius 1 is 1.35 bits per heavy atom. The lowest BCUT2D eigenvalue weighted by atomic mass is 10.2. The van der Waals surface area contributed by atoms with Gasteiger partial charge in [0.25, 0.3) is 5.56 Å². The Kier molecular flexibility index (Phi) is 5.30. The average Bonchev–Trinajstić information content (AvgIpc) is 2.85. The molecule has 2 heterocycles. The van der Waals surface area contributed by atoms with Gasteiger partial charge in [-0.3, -0.25) is 9.59 Å². The number of nitrogens with zero attached hydrogens (tertiary/aromatic N) is 2. The summed E-state index contributed by atoms with van der Waals surface area (Å²) in [5, 5.41) is 0. The third-order valence-electron chi connectivity index (χ3n) is 3.08. The second-order valence-electron chi connectivity index (χ2n) is 4.81. The van der Waals surface area contributed by atoms with Gasteiger partial charge in [0, 0.05) is 18.1 Å². The van der Waals surface area contributed by atoms with Crippen molar-refractivity contribution < 1.29 is 18.0 Å². The molecule has 0 atom stereocenters. The van der Waals surface area contributed by atoms with Crippen molar-refractivity contribution >= 4 is 33.2 Å². The van der Waals surface area contributed by atoms with Crippen LogP contribution in [0, 0.1) is 0 Å². The zero-order valence-corrected chi connectivity index (χ0v) is 14.3. The van der Waals surface area contributed by atoms with Gasteiger partial charge in [-0.25, -0.2) is 0 Å². The first-order valence-corrected chi connectivity index (χ1v) is 8.04. The molecule has 0 saturated heterocycles. The monoisotopic (exact) mass is 408 g/mol. The summed E-state index contributed by atoms with van der Waals surface area (Å²) in [5.74, 6) is -0.448. The molecule has 0 saturated carbocycles. The molecule has 9 heteroatoms. The van der Waals surface area contributed by atoms with E-state index in [9.17, 15) is 22.8 Å². The zero-order valence-electron chi connectivity index (χ0n) is 11.9. The number of hydrogen-bond donors (Lipinski definition) is 0. The highest BCUT2D eigenvalue weighted by Gasteiger charge is 2.34. The molecule has 0 unspecified atom stereocenters. The maximum atomic E-state index is 12.7. The summed E-state index contributed by atoms with van der Waals surface area (Å²) in [6.45, 7) is -0.116. The fourth-order valence-corrected chi connectivity index (χ4v) is 3.44. The van der Waals surface area contributed by atoms with Crippen LogP contribution in [0.15, 0.2) is 39.0 Å². The van der Waals surface area contributed by atoms with Gasteiger partial charge < -0.3 is 9.47 Å². The number of halogens is 4. The number of pyridine rings is 1. The molecule has 0 N–H and O–H groups in total. The quantitative estimate of drug-likeness (QED) is 0.778. The van der Waals surface area contributed by atoms with Crippen molar-refractivity contribution in [3.8, 4) is 0 Å². The van der Waals surface area contributed by atoms with Crippen LogP contribution in [0.3, 0.4) is 0 Å².